The third kappa shape index (κ3) is 10.9. The molecule has 0 atom stereocenters. The Balaban J connectivity index is 3.75. The molecule has 0 saturated heterocycles. The molecule has 3 amide bonds. The Morgan fingerprint density at radius 1 is 1.26 bits per heavy atom. The molecule has 0 aliphatic carbocycles. The Hall–Kier alpha value is -1.93. The van der Waals surface area contributed by atoms with Gasteiger partial charge in [-0.1, -0.05) is 0 Å². The number of carboxylic acid groups (broad SMARTS) is 1. The van der Waals surface area contributed by atoms with Crippen LogP contribution in [0, 0.1) is 0 Å². The van der Waals surface area contributed by atoms with E-state index in [9.17, 15) is 14.4 Å². The third-order valence-electron chi connectivity index (χ3n) is 2.07. The summed E-state index contributed by atoms with van der Waals surface area (Å²) in [5.41, 5.74) is 0. The summed E-state index contributed by atoms with van der Waals surface area (Å²) in [6, 6.07) is -0.666. The molecule has 0 rings (SSSR count). The molecule has 0 aliphatic heterocycles. The minimum absolute atomic E-state index is 0.363. The lowest BCUT2D eigenvalue weighted by Crippen LogP contribution is -2.42. The van der Waals surface area contributed by atoms with Crippen molar-refractivity contribution in [3.8, 4) is 0 Å². The fraction of sp³-hybridized carbons (Fsp3) is 0.545. The van der Waals surface area contributed by atoms with Crippen LogP contribution in [0.15, 0.2) is 12.2 Å². The highest BCUT2D eigenvalue weighted by atomic mass is 16.5. The van der Waals surface area contributed by atoms with E-state index < -0.39 is 17.9 Å². The van der Waals surface area contributed by atoms with E-state index in [2.05, 4.69) is 5.32 Å². The molecule has 108 valence electrons. The fourth-order valence-electron chi connectivity index (χ4n) is 1.06. The molecule has 0 heterocycles. The van der Waals surface area contributed by atoms with Crippen molar-refractivity contribution in [3.05, 3.63) is 12.2 Å². The summed E-state index contributed by atoms with van der Waals surface area (Å²) in [7, 11) is 3.48. The quantitative estimate of drug-likeness (QED) is 0.491. The number of hydrogen-bond acceptors (Lipinski definition) is 5. The van der Waals surface area contributed by atoms with Crippen LogP contribution in [0.2, 0.25) is 0 Å². The lowest BCUT2D eigenvalue weighted by atomic mass is 10.4. The first kappa shape index (κ1) is 17.1. The minimum Gasteiger partial charge on any atom is -0.478 e. The standard InChI is InChI=1S/C11H19N3O5/c1-14(7-8-19-2)6-5-12-11(18)13-9(15)3-4-10(16)17/h3-4H,5-8H2,1-2H3,(H,16,17)(H2,12,13,15,18). The van der Waals surface area contributed by atoms with Gasteiger partial charge in [0.05, 0.1) is 6.61 Å². The number of amides is 3. The summed E-state index contributed by atoms with van der Waals surface area (Å²) in [5, 5.41) is 12.7. The minimum atomic E-state index is -1.25. The number of carboxylic acids is 1. The van der Waals surface area contributed by atoms with E-state index in [-0.39, 0.29) is 0 Å². The van der Waals surface area contributed by atoms with Gasteiger partial charge in [-0.05, 0) is 7.05 Å². The van der Waals surface area contributed by atoms with E-state index in [0.717, 1.165) is 12.6 Å². The largest absolute Gasteiger partial charge is 0.478 e. The predicted octanol–water partition coefficient (Wildman–Crippen LogP) is -0.969. The van der Waals surface area contributed by atoms with Gasteiger partial charge in [-0.2, -0.15) is 0 Å². The van der Waals surface area contributed by atoms with Gasteiger partial charge in [0.2, 0.25) is 0 Å². The van der Waals surface area contributed by atoms with Crippen LogP contribution in [-0.2, 0) is 14.3 Å². The summed E-state index contributed by atoms with van der Waals surface area (Å²) in [6.45, 7) is 2.30. The van der Waals surface area contributed by atoms with Crippen LogP contribution < -0.4 is 10.6 Å². The zero-order valence-electron chi connectivity index (χ0n) is 11.0. The first-order chi connectivity index (χ1) is 8.95. The van der Waals surface area contributed by atoms with Crippen LogP contribution in [-0.4, -0.2) is 68.3 Å². The number of carbonyl (C=O) groups excluding carboxylic acids is 2. The van der Waals surface area contributed by atoms with Crippen LogP contribution in [0.3, 0.4) is 0 Å². The molecule has 0 spiro atoms. The van der Waals surface area contributed by atoms with E-state index >= 15 is 0 Å². The van der Waals surface area contributed by atoms with E-state index in [4.69, 9.17) is 9.84 Å². The third-order valence-corrected chi connectivity index (χ3v) is 2.07. The number of hydrogen-bond donors (Lipinski definition) is 3. The molecule has 0 aliphatic rings. The van der Waals surface area contributed by atoms with Crippen LogP contribution in [0.5, 0.6) is 0 Å². The zero-order valence-corrected chi connectivity index (χ0v) is 11.0. The summed E-state index contributed by atoms with van der Waals surface area (Å²) < 4.78 is 4.90. The molecule has 0 aromatic carbocycles. The SMILES string of the molecule is COCCN(C)CCNC(=O)NC(=O)C=CC(=O)O. The molecule has 8 nitrogen and oxygen atoms in total. The number of aliphatic carboxylic acids is 1. The number of likely N-dealkylation sites (N-methyl/N-ethyl adjacent to an activating group) is 1. The lowest BCUT2D eigenvalue weighted by Gasteiger charge is -2.15. The predicted molar refractivity (Wildman–Crippen MR) is 67.7 cm³/mol. The molecule has 19 heavy (non-hydrogen) atoms. The van der Waals surface area contributed by atoms with Crippen LogP contribution in [0.4, 0.5) is 4.79 Å². The number of nitrogens with one attached hydrogen (secondary N) is 2. The maximum atomic E-state index is 11.2. The number of methoxy groups -OCH3 is 1. The van der Waals surface area contributed by atoms with Crippen molar-refractivity contribution in [2.45, 2.75) is 0 Å². The van der Waals surface area contributed by atoms with Crippen molar-refractivity contribution in [2.75, 3.05) is 40.4 Å². The van der Waals surface area contributed by atoms with Crippen molar-refractivity contribution in [1.29, 1.82) is 0 Å². The first-order valence-corrected chi connectivity index (χ1v) is 5.63. The Kier molecular flexibility index (Phi) is 9.02. The molecular formula is C11H19N3O5. The molecule has 0 unspecified atom stereocenters. The number of imide groups is 1. The van der Waals surface area contributed by atoms with Crippen molar-refractivity contribution >= 4 is 17.9 Å². The Bertz CT molecular complexity index is 343. The Morgan fingerprint density at radius 2 is 1.95 bits per heavy atom. The van der Waals surface area contributed by atoms with Crippen LogP contribution in [0.25, 0.3) is 0 Å². The van der Waals surface area contributed by atoms with Gasteiger partial charge in [0.25, 0.3) is 5.91 Å². The second-order valence-corrected chi connectivity index (χ2v) is 3.71. The highest BCUT2D eigenvalue weighted by molar-refractivity contribution is 6.02. The topological polar surface area (TPSA) is 108 Å². The molecule has 0 radical (unpaired) electrons. The highest BCUT2D eigenvalue weighted by Gasteiger charge is 2.05. The van der Waals surface area contributed by atoms with Gasteiger partial charge in [-0.3, -0.25) is 10.1 Å². The maximum Gasteiger partial charge on any atom is 0.328 e. The molecule has 8 heteroatoms. The second kappa shape index (κ2) is 10.0. The van der Waals surface area contributed by atoms with Gasteiger partial charge in [-0.15, -0.1) is 0 Å². The second-order valence-electron chi connectivity index (χ2n) is 3.71. The zero-order chi connectivity index (χ0) is 14.7. The van der Waals surface area contributed by atoms with E-state index in [0.29, 0.717) is 25.8 Å². The smallest absolute Gasteiger partial charge is 0.328 e. The summed E-state index contributed by atoms with van der Waals surface area (Å²) in [5.74, 6) is -2.04. The molecule has 0 aromatic rings. The summed E-state index contributed by atoms with van der Waals surface area (Å²) >= 11 is 0. The number of carbonyl (C=O) groups is 3. The number of urea groups is 1. The molecule has 0 saturated carbocycles. The average molecular weight is 273 g/mol. The van der Waals surface area contributed by atoms with E-state index in [1.807, 2.05) is 17.3 Å². The lowest BCUT2D eigenvalue weighted by molar-refractivity contribution is -0.131. The average Bonchev–Trinajstić information content (AvgIpc) is 2.33. The monoisotopic (exact) mass is 273 g/mol. The van der Waals surface area contributed by atoms with E-state index in [1.54, 1.807) is 7.11 Å². The van der Waals surface area contributed by atoms with Gasteiger partial charge in [0.1, 0.15) is 0 Å². The van der Waals surface area contributed by atoms with Gasteiger partial charge in [0, 0.05) is 38.9 Å². The molecule has 0 bridgehead atoms. The number of nitrogens with zero attached hydrogens (tertiary/aromatic N) is 1. The van der Waals surface area contributed by atoms with Crippen LogP contribution in [0.1, 0.15) is 0 Å². The first-order valence-electron chi connectivity index (χ1n) is 5.63. The van der Waals surface area contributed by atoms with Crippen molar-refractivity contribution in [3.63, 3.8) is 0 Å². The normalized spacial score (nSPS) is 10.7. The molecule has 0 fully saturated rings. The molecule has 0 aromatic heterocycles. The van der Waals surface area contributed by atoms with Crippen molar-refractivity contribution in [1.82, 2.24) is 15.5 Å². The molecular weight excluding hydrogens is 254 g/mol. The van der Waals surface area contributed by atoms with Gasteiger partial charge in [0.15, 0.2) is 0 Å². The van der Waals surface area contributed by atoms with Gasteiger partial charge < -0.3 is 20.1 Å². The van der Waals surface area contributed by atoms with Gasteiger partial charge >= 0.3 is 12.0 Å². The van der Waals surface area contributed by atoms with Gasteiger partial charge in [-0.25, -0.2) is 9.59 Å². The fourth-order valence-corrected chi connectivity index (χ4v) is 1.06. The summed E-state index contributed by atoms with van der Waals surface area (Å²) in [6.07, 6.45) is 1.42. The number of rotatable bonds is 8. The Morgan fingerprint density at radius 3 is 2.53 bits per heavy atom. The maximum absolute atomic E-state index is 11.2. The van der Waals surface area contributed by atoms with E-state index in [1.165, 1.54) is 0 Å². The summed E-state index contributed by atoms with van der Waals surface area (Å²) in [4.78, 5) is 34.4. The van der Waals surface area contributed by atoms with Crippen molar-refractivity contribution in [2.24, 2.45) is 0 Å². The Labute approximate surface area is 111 Å². The van der Waals surface area contributed by atoms with Crippen molar-refractivity contribution < 1.29 is 24.2 Å². The van der Waals surface area contributed by atoms with Crippen LogP contribution >= 0.6 is 0 Å². The molecule has 3 N–H and O–H groups in total. The highest BCUT2D eigenvalue weighted by Crippen LogP contribution is 1.81. The number of ether oxygens (including phenoxy) is 1.